The van der Waals surface area contributed by atoms with E-state index in [-0.39, 0.29) is 0 Å². The van der Waals surface area contributed by atoms with Gasteiger partial charge in [-0.05, 0) is 47.4 Å². The van der Waals surface area contributed by atoms with Gasteiger partial charge in [-0.1, -0.05) is 135 Å². The van der Waals surface area contributed by atoms with Crippen molar-refractivity contribution >= 4 is 0 Å². The van der Waals surface area contributed by atoms with Crippen LogP contribution in [0.25, 0.3) is 56.4 Å². The van der Waals surface area contributed by atoms with Crippen molar-refractivity contribution in [3.05, 3.63) is 139 Å². The maximum atomic E-state index is 4.97. The molecule has 6 aromatic rings. The first kappa shape index (κ1) is 25.7. The Bertz CT molecular complexity index is 1570. The Morgan fingerprint density at radius 3 is 1.08 bits per heavy atom. The molecule has 0 bridgehead atoms. The SMILES string of the molecule is CC.Cc1cccc(-c2nc(-c3cccc(-c4ccccc4)c3)nc(-c3cccc(-c4ccccc4)c3)n2)c1. The molecule has 0 unspecified atom stereocenters. The summed E-state index contributed by atoms with van der Waals surface area (Å²) in [4.78, 5) is 14.8. The molecule has 6 rings (SSSR count). The smallest absolute Gasteiger partial charge is 0.164 e. The third-order valence-corrected chi connectivity index (χ3v) is 6.37. The molecule has 0 radical (unpaired) electrons. The highest BCUT2D eigenvalue weighted by atomic mass is 15.0. The molecule has 0 amide bonds. The predicted molar refractivity (Wildman–Crippen MR) is 163 cm³/mol. The molecule has 0 aliphatic carbocycles. The monoisotopic (exact) mass is 505 g/mol. The van der Waals surface area contributed by atoms with E-state index in [1.807, 2.05) is 32.0 Å². The average Bonchev–Trinajstić information content (AvgIpc) is 3.03. The first-order chi connectivity index (χ1) is 19.2. The van der Waals surface area contributed by atoms with Crippen LogP contribution in [0.5, 0.6) is 0 Å². The molecule has 0 N–H and O–H groups in total. The van der Waals surface area contributed by atoms with Gasteiger partial charge >= 0.3 is 0 Å². The van der Waals surface area contributed by atoms with E-state index in [9.17, 15) is 0 Å². The number of aromatic nitrogens is 3. The summed E-state index contributed by atoms with van der Waals surface area (Å²) in [6, 6.07) is 45.8. The summed E-state index contributed by atoms with van der Waals surface area (Å²) in [5, 5.41) is 0. The number of hydrogen-bond donors (Lipinski definition) is 0. The molecule has 0 fully saturated rings. The third-order valence-electron chi connectivity index (χ3n) is 6.37. The van der Waals surface area contributed by atoms with Gasteiger partial charge in [-0.25, -0.2) is 15.0 Å². The second-order valence-corrected chi connectivity index (χ2v) is 9.07. The van der Waals surface area contributed by atoms with Crippen LogP contribution in [0.1, 0.15) is 19.4 Å². The van der Waals surface area contributed by atoms with Crippen molar-refractivity contribution in [3.63, 3.8) is 0 Å². The Morgan fingerprint density at radius 1 is 0.333 bits per heavy atom. The van der Waals surface area contributed by atoms with Gasteiger partial charge in [0.2, 0.25) is 0 Å². The Labute approximate surface area is 230 Å². The molecule has 39 heavy (non-hydrogen) atoms. The van der Waals surface area contributed by atoms with E-state index in [2.05, 4.69) is 122 Å². The van der Waals surface area contributed by atoms with Crippen LogP contribution in [-0.4, -0.2) is 15.0 Å². The summed E-state index contributed by atoms with van der Waals surface area (Å²) in [6.45, 7) is 6.08. The van der Waals surface area contributed by atoms with Crippen molar-refractivity contribution in [1.29, 1.82) is 0 Å². The number of aryl methyl sites for hydroxylation is 1. The van der Waals surface area contributed by atoms with Crippen LogP contribution >= 0.6 is 0 Å². The zero-order valence-corrected chi connectivity index (χ0v) is 22.5. The molecule has 3 nitrogen and oxygen atoms in total. The maximum absolute atomic E-state index is 4.97. The van der Waals surface area contributed by atoms with Gasteiger partial charge < -0.3 is 0 Å². The van der Waals surface area contributed by atoms with Gasteiger partial charge in [0.1, 0.15) is 0 Å². The van der Waals surface area contributed by atoms with Gasteiger partial charge in [0.15, 0.2) is 17.5 Å². The number of benzene rings is 5. The van der Waals surface area contributed by atoms with E-state index in [0.29, 0.717) is 17.5 Å². The lowest BCUT2D eigenvalue weighted by molar-refractivity contribution is 1.07. The molecule has 1 aromatic heterocycles. The van der Waals surface area contributed by atoms with Crippen molar-refractivity contribution in [2.45, 2.75) is 20.8 Å². The minimum absolute atomic E-state index is 0.657. The summed E-state index contributed by atoms with van der Waals surface area (Å²) in [7, 11) is 0. The number of rotatable bonds is 5. The van der Waals surface area contributed by atoms with Crippen molar-refractivity contribution in [2.75, 3.05) is 0 Å². The molecule has 0 aliphatic rings. The van der Waals surface area contributed by atoms with Crippen LogP contribution in [0, 0.1) is 6.92 Å². The molecule has 0 saturated carbocycles. The highest BCUT2D eigenvalue weighted by Crippen LogP contribution is 2.30. The summed E-state index contributed by atoms with van der Waals surface area (Å²) >= 11 is 0. The first-order valence-electron chi connectivity index (χ1n) is 13.4. The second kappa shape index (κ2) is 12.1. The zero-order valence-electron chi connectivity index (χ0n) is 22.5. The lowest BCUT2D eigenvalue weighted by Gasteiger charge is -2.11. The standard InChI is InChI=1S/C34H25N3.C2H6/c1-24-11-8-18-29(21-24)32-35-33(30-19-9-16-27(22-30)25-12-4-2-5-13-25)37-34(36-32)31-20-10-17-28(23-31)26-14-6-3-7-15-26;1-2/h2-23H,1H3;1-2H3. The normalized spacial score (nSPS) is 10.4. The third kappa shape index (κ3) is 6.00. The Hall–Kier alpha value is -4.89. The van der Waals surface area contributed by atoms with Gasteiger partial charge in [0.05, 0.1) is 0 Å². The van der Waals surface area contributed by atoms with Crippen molar-refractivity contribution in [2.24, 2.45) is 0 Å². The molecular formula is C36H31N3. The fraction of sp³-hybridized carbons (Fsp3) is 0.0833. The summed E-state index contributed by atoms with van der Waals surface area (Å²) in [5.74, 6) is 1.98. The van der Waals surface area contributed by atoms with Crippen LogP contribution in [-0.2, 0) is 0 Å². The van der Waals surface area contributed by atoms with E-state index in [1.165, 1.54) is 0 Å². The minimum atomic E-state index is 0.657. The molecule has 5 aromatic carbocycles. The Kier molecular flexibility index (Phi) is 7.99. The molecule has 1 heterocycles. The molecule has 3 heteroatoms. The van der Waals surface area contributed by atoms with Gasteiger partial charge in [0.25, 0.3) is 0 Å². The molecule has 0 saturated heterocycles. The van der Waals surface area contributed by atoms with E-state index in [0.717, 1.165) is 44.5 Å². The van der Waals surface area contributed by atoms with Crippen LogP contribution < -0.4 is 0 Å². The average molecular weight is 506 g/mol. The molecular weight excluding hydrogens is 474 g/mol. The maximum Gasteiger partial charge on any atom is 0.164 e. The van der Waals surface area contributed by atoms with Gasteiger partial charge in [-0.2, -0.15) is 0 Å². The van der Waals surface area contributed by atoms with Gasteiger partial charge in [0, 0.05) is 16.7 Å². The quantitative estimate of drug-likeness (QED) is 0.234. The number of nitrogens with zero attached hydrogens (tertiary/aromatic N) is 3. The van der Waals surface area contributed by atoms with Crippen LogP contribution in [0.15, 0.2) is 133 Å². The molecule has 0 atom stereocenters. The van der Waals surface area contributed by atoms with E-state index >= 15 is 0 Å². The fourth-order valence-electron chi connectivity index (χ4n) is 4.48. The van der Waals surface area contributed by atoms with Gasteiger partial charge in [-0.15, -0.1) is 0 Å². The minimum Gasteiger partial charge on any atom is -0.208 e. The highest BCUT2D eigenvalue weighted by Gasteiger charge is 2.14. The lowest BCUT2D eigenvalue weighted by atomic mass is 10.0. The highest BCUT2D eigenvalue weighted by molar-refractivity contribution is 5.74. The van der Waals surface area contributed by atoms with E-state index in [4.69, 9.17) is 15.0 Å². The molecule has 0 aliphatic heterocycles. The molecule has 0 spiro atoms. The molecule has 190 valence electrons. The fourth-order valence-corrected chi connectivity index (χ4v) is 4.48. The largest absolute Gasteiger partial charge is 0.208 e. The predicted octanol–water partition coefficient (Wildman–Crippen LogP) is 9.54. The first-order valence-corrected chi connectivity index (χ1v) is 13.4. The Balaban J connectivity index is 0.00000151. The van der Waals surface area contributed by atoms with Crippen LogP contribution in [0.3, 0.4) is 0 Å². The number of hydrogen-bond acceptors (Lipinski definition) is 3. The van der Waals surface area contributed by atoms with Crippen molar-refractivity contribution < 1.29 is 0 Å². The topological polar surface area (TPSA) is 38.7 Å². The summed E-state index contributed by atoms with van der Waals surface area (Å²) in [6.07, 6.45) is 0. The van der Waals surface area contributed by atoms with Crippen LogP contribution in [0.2, 0.25) is 0 Å². The lowest BCUT2D eigenvalue weighted by Crippen LogP contribution is -2.00. The second-order valence-electron chi connectivity index (χ2n) is 9.07. The van der Waals surface area contributed by atoms with Crippen LogP contribution in [0.4, 0.5) is 0 Å². The van der Waals surface area contributed by atoms with E-state index in [1.54, 1.807) is 0 Å². The Morgan fingerprint density at radius 2 is 0.667 bits per heavy atom. The van der Waals surface area contributed by atoms with E-state index < -0.39 is 0 Å². The van der Waals surface area contributed by atoms with Crippen molar-refractivity contribution in [3.8, 4) is 56.4 Å². The summed E-state index contributed by atoms with van der Waals surface area (Å²) < 4.78 is 0. The van der Waals surface area contributed by atoms with Gasteiger partial charge in [-0.3, -0.25) is 0 Å². The zero-order chi connectivity index (χ0) is 27.0. The summed E-state index contributed by atoms with van der Waals surface area (Å²) in [5.41, 5.74) is 8.63. The van der Waals surface area contributed by atoms with Crippen molar-refractivity contribution in [1.82, 2.24) is 15.0 Å².